The van der Waals surface area contributed by atoms with Crippen molar-refractivity contribution in [3.05, 3.63) is 17.7 Å². The summed E-state index contributed by atoms with van der Waals surface area (Å²) in [6, 6.07) is 0. The standard InChI is InChI=1S/C11H16N2/c1-2-4-11-10(3-1)12-8-13(11)7-9-5-6-9/h8-9H,1-7H2. The van der Waals surface area contributed by atoms with Gasteiger partial charge in [-0.1, -0.05) is 0 Å². The van der Waals surface area contributed by atoms with Crippen LogP contribution in [0.4, 0.5) is 0 Å². The number of imidazole rings is 1. The molecule has 1 aromatic heterocycles. The molecule has 0 saturated heterocycles. The summed E-state index contributed by atoms with van der Waals surface area (Å²) >= 11 is 0. The van der Waals surface area contributed by atoms with Gasteiger partial charge in [-0.15, -0.1) is 0 Å². The molecule has 3 rings (SSSR count). The summed E-state index contributed by atoms with van der Waals surface area (Å²) < 4.78 is 2.41. The van der Waals surface area contributed by atoms with E-state index in [-0.39, 0.29) is 0 Å². The minimum atomic E-state index is 0.972. The summed E-state index contributed by atoms with van der Waals surface area (Å²) in [5.41, 5.74) is 2.92. The largest absolute Gasteiger partial charge is 0.334 e. The van der Waals surface area contributed by atoms with Crippen molar-refractivity contribution >= 4 is 0 Å². The van der Waals surface area contributed by atoms with E-state index >= 15 is 0 Å². The first-order valence-electron chi connectivity index (χ1n) is 5.46. The van der Waals surface area contributed by atoms with Gasteiger partial charge in [0, 0.05) is 12.2 Å². The molecule has 2 nitrogen and oxygen atoms in total. The monoisotopic (exact) mass is 176 g/mol. The van der Waals surface area contributed by atoms with Gasteiger partial charge in [0.15, 0.2) is 0 Å². The van der Waals surface area contributed by atoms with Gasteiger partial charge in [0.1, 0.15) is 0 Å². The molecule has 0 N–H and O–H groups in total. The minimum Gasteiger partial charge on any atom is -0.334 e. The van der Waals surface area contributed by atoms with Crippen LogP contribution in [0.2, 0.25) is 0 Å². The lowest BCUT2D eigenvalue weighted by Gasteiger charge is -2.13. The van der Waals surface area contributed by atoms with Gasteiger partial charge >= 0.3 is 0 Å². The highest BCUT2D eigenvalue weighted by atomic mass is 15.1. The molecule has 0 bridgehead atoms. The maximum absolute atomic E-state index is 4.50. The molecule has 0 atom stereocenters. The average molecular weight is 176 g/mol. The van der Waals surface area contributed by atoms with Crippen LogP contribution in [0, 0.1) is 5.92 Å². The van der Waals surface area contributed by atoms with Gasteiger partial charge < -0.3 is 4.57 Å². The van der Waals surface area contributed by atoms with Crippen LogP contribution in [0.15, 0.2) is 6.33 Å². The van der Waals surface area contributed by atoms with E-state index < -0.39 is 0 Å². The molecule has 0 aliphatic heterocycles. The Bertz CT molecular complexity index is 310. The van der Waals surface area contributed by atoms with Crippen LogP contribution >= 0.6 is 0 Å². The molecule has 1 aromatic rings. The lowest BCUT2D eigenvalue weighted by Crippen LogP contribution is -2.09. The van der Waals surface area contributed by atoms with Gasteiger partial charge in [-0.05, 0) is 44.4 Å². The second-order valence-corrected chi connectivity index (χ2v) is 4.44. The van der Waals surface area contributed by atoms with Crippen LogP contribution in [-0.2, 0) is 19.4 Å². The third-order valence-corrected chi connectivity index (χ3v) is 3.26. The Balaban J connectivity index is 1.86. The summed E-state index contributed by atoms with van der Waals surface area (Å²) in [6.45, 7) is 1.24. The smallest absolute Gasteiger partial charge is 0.0951 e. The molecule has 1 fully saturated rings. The average Bonchev–Trinajstić information content (AvgIpc) is 2.88. The van der Waals surface area contributed by atoms with Crippen LogP contribution in [0.5, 0.6) is 0 Å². The van der Waals surface area contributed by atoms with Gasteiger partial charge in [0.2, 0.25) is 0 Å². The zero-order valence-corrected chi connectivity index (χ0v) is 8.00. The Kier molecular flexibility index (Phi) is 1.67. The van der Waals surface area contributed by atoms with E-state index in [0.29, 0.717) is 0 Å². The fourth-order valence-electron chi connectivity index (χ4n) is 2.27. The van der Waals surface area contributed by atoms with E-state index in [1.54, 1.807) is 0 Å². The van der Waals surface area contributed by atoms with Crippen molar-refractivity contribution in [2.75, 3.05) is 0 Å². The highest BCUT2D eigenvalue weighted by molar-refractivity contribution is 5.16. The van der Waals surface area contributed by atoms with Crippen molar-refractivity contribution in [3.8, 4) is 0 Å². The van der Waals surface area contributed by atoms with E-state index in [4.69, 9.17) is 0 Å². The van der Waals surface area contributed by atoms with Crippen molar-refractivity contribution in [2.45, 2.75) is 45.1 Å². The van der Waals surface area contributed by atoms with Crippen LogP contribution in [0.1, 0.15) is 37.1 Å². The van der Waals surface area contributed by atoms with Gasteiger partial charge in [0.25, 0.3) is 0 Å². The van der Waals surface area contributed by atoms with E-state index in [1.807, 2.05) is 0 Å². The highest BCUT2D eigenvalue weighted by Gasteiger charge is 2.24. The molecule has 1 heterocycles. The van der Waals surface area contributed by atoms with Crippen molar-refractivity contribution in [1.29, 1.82) is 0 Å². The second-order valence-electron chi connectivity index (χ2n) is 4.44. The number of aryl methyl sites for hydroxylation is 1. The molecule has 0 spiro atoms. The molecule has 0 radical (unpaired) electrons. The first kappa shape index (κ1) is 7.60. The minimum absolute atomic E-state index is 0.972. The summed E-state index contributed by atoms with van der Waals surface area (Å²) in [4.78, 5) is 4.50. The Morgan fingerprint density at radius 2 is 2.15 bits per heavy atom. The maximum Gasteiger partial charge on any atom is 0.0951 e. The molecule has 0 unspecified atom stereocenters. The zero-order chi connectivity index (χ0) is 8.67. The molecule has 70 valence electrons. The van der Waals surface area contributed by atoms with E-state index in [0.717, 1.165) is 5.92 Å². The first-order chi connectivity index (χ1) is 6.43. The molecule has 2 aliphatic carbocycles. The van der Waals surface area contributed by atoms with E-state index in [1.165, 1.54) is 56.5 Å². The van der Waals surface area contributed by atoms with Crippen LogP contribution in [0.3, 0.4) is 0 Å². The molecule has 0 aromatic carbocycles. The fraction of sp³-hybridized carbons (Fsp3) is 0.727. The summed E-state index contributed by atoms with van der Waals surface area (Å²) in [7, 11) is 0. The Hall–Kier alpha value is -0.790. The van der Waals surface area contributed by atoms with E-state index in [2.05, 4.69) is 15.9 Å². The number of rotatable bonds is 2. The number of hydrogen-bond acceptors (Lipinski definition) is 1. The molecule has 13 heavy (non-hydrogen) atoms. The van der Waals surface area contributed by atoms with Crippen molar-refractivity contribution in [3.63, 3.8) is 0 Å². The van der Waals surface area contributed by atoms with Gasteiger partial charge in [-0.2, -0.15) is 0 Å². The fourth-order valence-corrected chi connectivity index (χ4v) is 2.27. The molecule has 2 aliphatic rings. The Morgan fingerprint density at radius 3 is 3.00 bits per heavy atom. The number of nitrogens with zero attached hydrogens (tertiary/aromatic N) is 2. The van der Waals surface area contributed by atoms with Gasteiger partial charge in [0.05, 0.1) is 12.0 Å². The summed E-state index contributed by atoms with van der Waals surface area (Å²) in [6.07, 6.45) is 10.1. The summed E-state index contributed by atoms with van der Waals surface area (Å²) in [5.74, 6) is 0.972. The van der Waals surface area contributed by atoms with Crippen molar-refractivity contribution in [2.24, 2.45) is 5.92 Å². The number of fused-ring (bicyclic) bond motifs is 1. The number of hydrogen-bond donors (Lipinski definition) is 0. The zero-order valence-electron chi connectivity index (χ0n) is 8.00. The molecular weight excluding hydrogens is 160 g/mol. The van der Waals surface area contributed by atoms with Gasteiger partial charge in [-0.25, -0.2) is 4.98 Å². The van der Waals surface area contributed by atoms with Crippen LogP contribution in [-0.4, -0.2) is 9.55 Å². The predicted molar refractivity (Wildman–Crippen MR) is 51.6 cm³/mol. The molecule has 1 saturated carbocycles. The van der Waals surface area contributed by atoms with Crippen molar-refractivity contribution < 1.29 is 0 Å². The number of aromatic nitrogens is 2. The molecule has 2 heteroatoms. The predicted octanol–water partition coefficient (Wildman–Crippen LogP) is 2.17. The topological polar surface area (TPSA) is 17.8 Å². The lowest BCUT2D eigenvalue weighted by molar-refractivity contribution is 0.570. The van der Waals surface area contributed by atoms with Crippen molar-refractivity contribution in [1.82, 2.24) is 9.55 Å². The van der Waals surface area contributed by atoms with Gasteiger partial charge in [-0.3, -0.25) is 0 Å². The van der Waals surface area contributed by atoms with E-state index in [9.17, 15) is 0 Å². The Labute approximate surface area is 79.0 Å². The molecular formula is C11H16N2. The third kappa shape index (κ3) is 1.38. The first-order valence-corrected chi connectivity index (χ1v) is 5.46. The second kappa shape index (κ2) is 2.86. The SMILES string of the molecule is c1nc2c(n1CC1CC1)CCCC2. The molecule has 0 amide bonds. The lowest BCUT2D eigenvalue weighted by atomic mass is 10.0. The Morgan fingerprint density at radius 1 is 1.31 bits per heavy atom. The highest BCUT2D eigenvalue weighted by Crippen LogP contribution is 2.32. The van der Waals surface area contributed by atoms with Crippen LogP contribution in [0.25, 0.3) is 0 Å². The third-order valence-electron chi connectivity index (χ3n) is 3.26. The summed E-state index contributed by atoms with van der Waals surface area (Å²) in [5, 5.41) is 0. The normalized spacial score (nSPS) is 21.5. The maximum atomic E-state index is 4.50. The van der Waals surface area contributed by atoms with Crippen LogP contribution < -0.4 is 0 Å². The quantitative estimate of drug-likeness (QED) is 0.675.